The number of terminal acetylenes is 1. The molecule has 1 aliphatic heterocycles. The normalized spacial score (nSPS) is 35.7. The van der Waals surface area contributed by atoms with Crippen molar-refractivity contribution in [3.8, 4) is 12.5 Å². The summed E-state index contributed by atoms with van der Waals surface area (Å²) in [5, 5.41) is 9.78. The zero-order chi connectivity index (χ0) is 9.35. The van der Waals surface area contributed by atoms with Gasteiger partial charge in [0.2, 0.25) is 0 Å². The van der Waals surface area contributed by atoms with Gasteiger partial charge in [-0.2, -0.15) is 0 Å². The molecule has 0 amide bonds. The molecule has 1 aliphatic rings. The van der Waals surface area contributed by atoms with Gasteiger partial charge in [0.15, 0.2) is 0 Å². The second-order valence-corrected chi connectivity index (χ2v) is 4.27. The number of rotatable bonds is 1. The van der Waals surface area contributed by atoms with E-state index in [1.54, 1.807) is 0 Å². The highest BCUT2D eigenvalue weighted by atomic mass is 16.3. The van der Waals surface area contributed by atoms with Crippen molar-refractivity contribution in [1.29, 1.82) is 0 Å². The molecule has 1 heterocycles. The highest BCUT2D eigenvalue weighted by Crippen LogP contribution is 2.30. The van der Waals surface area contributed by atoms with Crippen LogP contribution in [0.25, 0.3) is 0 Å². The maximum Gasteiger partial charge on any atom is 0.0821 e. The molecular formula is C10H17NO. The standard InChI is InChI=1S/C10H17NO/c1-5-11-7-10(4,12)6-9(11)8(2)3/h1,8-9,12H,6-7H2,2-4H3. The number of aliphatic hydroxyl groups is 1. The van der Waals surface area contributed by atoms with E-state index < -0.39 is 5.60 Å². The largest absolute Gasteiger partial charge is 0.388 e. The fourth-order valence-electron chi connectivity index (χ4n) is 1.85. The SMILES string of the molecule is C#CN1CC(C)(O)CC1C(C)C. The lowest BCUT2D eigenvalue weighted by molar-refractivity contribution is 0.0734. The van der Waals surface area contributed by atoms with Gasteiger partial charge in [-0.25, -0.2) is 0 Å². The van der Waals surface area contributed by atoms with Crippen molar-refractivity contribution in [3.63, 3.8) is 0 Å². The lowest BCUT2D eigenvalue weighted by atomic mass is 9.96. The molecule has 2 unspecified atom stereocenters. The first-order chi connectivity index (χ1) is 5.46. The van der Waals surface area contributed by atoms with Crippen LogP contribution in [0.2, 0.25) is 0 Å². The van der Waals surface area contributed by atoms with Gasteiger partial charge in [-0.15, -0.1) is 0 Å². The Morgan fingerprint density at radius 3 is 2.58 bits per heavy atom. The molecule has 68 valence electrons. The summed E-state index contributed by atoms with van der Waals surface area (Å²) in [5.41, 5.74) is -0.596. The Hall–Kier alpha value is -0.680. The van der Waals surface area contributed by atoms with E-state index in [9.17, 15) is 5.11 Å². The second kappa shape index (κ2) is 2.99. The minimum atomic E-state index is -0.596. The first-order valence-corrected chi connectivity index (χ1v) is 4.41. The van der Waals surface area contributed by atoms with Gasteiger partial charge in [-0.05, 0) is 19.3 Å². The summed E-state index contributed by atoms with van der Waals surface area (Å²) in [6, 6.07) is 2.96. The highest BCUT2D eigenvalue weighted by Gasteiger charge is 2.39. The van der Waals surface area contributed by atoms with E-state index in [1.807, 2.05) is 11.8 Å². The van der Waals surface area contributed by atoms with E-state index in [4.69, 9.17) is 6.42 Å². The van der Waals surface area contributed by atoms with Crippen LogP contribution in [-0.2, 0) is 0 Å². The van der Waals surface area contributed by atoms with Crippen molar-refractivity contribution in [2.45, 2.75) is 38.8 Å². The smallest absolute Gasteiger partial charge is 0.0821 e. The van der Waals surface area contributed by atoms with Gasteiger partial charge >= 0.3 is 0 Å². The Bertz CT molecular complexity index is 202. The van der Waals surface area contributed by atoms with Gasteiger partial charge in [0.05, 0.1) is 12.1 Å². The molecule has 0 aliphatic carbocycles. The Kier molecular flexibility index (Phi) is 2.34. The van der Waals surface area contributed by atoms with Crippen LogP contribution in [0.1, 0.15) is 27.2 Å². The number of likely N-dealkylation sites (tertiary alicyclic amines) is 1. The molecule has 0 saturated carbocycles. The molecule has 1 N–H and O–H groups in total. The number of hydrogen-bond acceptors (Lipinski definition) is 2. The summed E-state index contributed by atoms with van der Waals surface area (Å²) in [4.78, 5) is 1.91. The summed E-state index contributed by atoms with van der Waals surface area (Å²) >= 11 is 0. The first-order valence-electron chi connectivity index (χ1n) is 4.41. The van der Waals surface area contributed by atoms with Crippen LogP contribution >= 0.6 is 0 Å². The van der Waals surface area contributed by atoms with Gasteiger partial charge < -0.3 is 10.0 Å². The first kappa shape index (κ1) is 9.41. The minimum Gasteiger partial charge on any atom is -0.388 e. The molecule has 12 heavy (non-hydrogen) atoms. The summed E-state index contributed by atoms with van der Waals surface area (Å²) in [6.07, 6.45) is 6.13. The maximum absolute atomic E-state index is 9.78. The summed E-state index contributed by atoms with van der Waals surface area (Å²) in [5.74, 6) is 0.509. The van der Waals surface area contributed by atoms with Crippen LogP contribution in [0.5, 0.6) is 0 Å². The van der Waals surface area contributed by atoms with Crippen LogP contribution < -0.4 is 0 Å². The van der Waals surface area contributed by atoms with Crippen molar-refractivity contribution in [2.75, 3.05) is 6.54 Å². The summed E-state index contributed by atoms with van der Waals surface area (Å²) in [7, 11) is 0. The van der Waals surface area contributed by atoms with Gasteiger partial charge in [-0.3, -0.25) is 0 Å². The van der Waals surface area contributed by atoms with Gasteiger partial charge in [0.25, 0.3) is 0 Å². The molecule has 0 bridgehead atoms. The summed E-state index contributed by atoms with van der Waals surface area (Å²) in [6.45, 7) is 6.72. The second-order valence-electron chi connectivity index (χ2n) is 4.27. The Morgan fingerprint density at radius 1 is 1.67 bits per heavy atom. The number of hydrogen-bond donors (Lipinski definition) is 1. The van der Waals surface area contributed by atoms with Crippen molar-refractivity contribution >= 4 is 0 Å². The number of nitrogens with zero attached hydrogens (tertiary/aromatic N) is 1. The van der Waals surface area contributed by atoms with Crippen LogP contribution in [0, 0.1) is 18.4 Å². The average Bonchev–Trinajstić information content (AvgIpc) is 2.25. The molecule has 2 nitrogen and oxygen atoms in total. The van der Waals surface area contributed by atoms with Crippen molar-refractivity contribution in [3.05, 3.63) is 0 Å². The molecule has 1 saturated heterocycles. The quantitative estimate of drug-likeness (QED) is 0.590. The molecule has 0 radical (unpaired) electrons. The Labute approximate surface area is 74.6 Å². The van der Waals surface area contributed by atoms with E-state index >= 15 is 0 Å². The Balaban J connectivity index is 2.71. The molecule has 1 rings (SSSR count). The molecule has 2 heteroatoms. The van der Waals surface area contributed by atoms with E-state index in [-0.39, 0.29) is 0 Å². The van der Waals surface area contributed by atoms with Gasteiger partial charge in [0, 0.05) is 12.1 Å². The minimum absolute atomic E-state index is 0.338. The molecule has 1 fully saturated rings. The van der Waals surface area contributed by atoms with E-state index in [2.05, 4.69) is 19.9 Å². The van der Waals surface area contributed by atoms with E-state index in [0.29, 0.717) is 18.5 Å². The fourth-order valence-corrected chi connectivity index (χ4v) is 1.85. The van der Waals surface area contributed by atoms with Gasteiger partial charge in [0.1, 0.15) is 0 Å². The van der Waals surface area contributed by atoms with E-state index in [0.717, 1.165) is 6.42 Å². The van der Waals surface area contributed by atoms with Crippen molar-refractivity contribution in [1.82, 2.24) is 4.90 Å². The monoisotopic (exact) mass is 167 g/mol. The predicted molar refractivity (Wildman–Crippen MR) is 49.4 cm³/mol. The lowest BCUT2D eigenvalue weighted by Gasteiger charge is -2.22. The Morgan fingerprint density at radius 2 is 2.25 bits per heavy atom. The molecular weight excluding hydrogens is 150 g/mol. The van der Waals surface area contributed by atoms with Crippen LogP contribution in [0.3, 0.4) is 0 Å². The zero-order valence-electron chi connectivity index (χ0n) is 8.04. The van der Waals surface area contributed by atoms with Crippen molar-refractivity contribution < 1.29 is 5.11 Å². The van der Waals surface area contributed by atoms with Crippen LogP contribution in [0.15, 0.2) is 0 Å². The third-order valence-corrected chi connectivity index (χ3v) is 2.50. The topological polar surface area (TPSA) is 23.5 Å². The zero-order valence-corrected chi connectivity index (χ0v) is 8.04. The van der Waals surface area contributed by atoms with Gasteiger partial charge in [-0.1, -0.05) is 20.3 Å². The third kappa shape index (κ3) is 1.73. The third-order valence-electron chi connectivity index (χ3n) is 2.50. The predicted octanol–water partition coefficient (Wildman–Crippen LogP) is 1.06. The number of β-amino-alcohol motifs (C(OH)–C–C–N with tert-alkyl or cyclic N) is 1. The van der Waals surface area contributed by atoms with Crippen molar-refractivity contribution in [2.24, 2.45) is 5.92 Å². The molecule has 0 aromatic heterocycles. The molecule has 0 aromatic carbocycles. The lowest BCUT2D eigenvalue weighted by Crippen LogP contribution is -2.29. The fraction of sp³-hybridized carbons (Fsp3) is 0.800. The highest BCUT2D eigenvalue weighted by molar-refractivity contribution is 5.02. The van der Waals surface area contributed by atoms with Crippen LogP contribution in [0.4, 0.5) is 0 Å². The maximum atomic E-state index is 9.78. The summed E-state index contributed by atoms with van der Waals surface area (Å²) < 4.78 is 0. The van der Waals surface area contributed by atoms with E-state index in [1.165, 1.54) is 0 Å². The molecule has 0 aromatic rings. The average molecular weight is 167 g/mol. The van der Waals surface area contributed by atoms with Crippen LogP contribution in [-0.4, -0.2) is 28.2 Å². The molecule has 2 atom stereocenters. The molecule has 0 spiro atoms.